The molecule has 6 heteroatoms. The molecule has 0 bridgehead atoms. The predicted octanol–water partition coefficient (Wildman–Crippen LogP) is 1.39. The fraction of sp³-hybridized carbons (Fsp3) is 0.467. The molecular weight excluding hydrogens is 288 g/mol. The lowest BCUT2D eigenvalue weighted by molar-refractivity contribution is -0.143. The molecule has 1 amide bonds. The van der Waals surface area contributed by atoms with Crippen LogP contribution in [0.15, 0.2) is 30.3 Å². The van der Waals surface area contributed by atoms with Gasteiger partial charge in [0, 0.05) is 18.8 Å². The first-order chi connectivity index (χ1) is 9.99. The molecule has 0 aliphatic carbocycles. The highest BCUT2D eigenvalue weighted by molar-refractivity contribution is 7.99. The van der Waals surface area contributed by atoms with Crippen molar-refractivity contribution in [3.8, 4) is 0 Å². The summed E-state index contributed by atoms with van der Waals surface area (Å²) in [5, 5.41) is 8.89. The van der Waals surface area contributed by atoms with Crippen molar-refractivity contribution in [2.45, 2.75) is 5.75 Å². The number of hydrogen-bond donors (Lipinski definition) is 1. The van der Waals surface area contributed by atoms with Gasteiger partial charge >= 0.3 is 5.97 Å². The van der Waals surface area contributed by atoms with Crippen LogP contribution in [0.5, 0.6) is 0 Å². The van der Waals surface area contributed by atoms with Crippen molar-refractivity contribution in [1.29, 1.82) is 0 Å². The molecule has 1 rings (SSSR count). The van der Waals surface area contributed by atoms with Crippen LogP contribution < -0.4 is 0 Å². The van der Waals surface area contributed by atoms with E-state index in [4.69, 9.17) is 5.11 Å². The van der Waals surface area contributed by atoms with Crippen molar-refractivity contribution >= 4 is 23.6 Å². The molecule has 1 aromatic rings. The van der Waals surface area contributed by atoms with Crippen LogP contribution in [0.3, 0.4) is 0 Å². The van der Waals surface area contributed by atoms with Crippen molar-refractivity contribution in [1.82, 2.24) is 9.80 Å². The Morgan fingerprint density at radius 1 is 1.14 bits per heavy atom. The van der Waals surface area contributed by atoms with Gasteiger partial charge in [-0.25, -0.2) is 0 Å². The van der Waals surface area contributed by atoms with E-state index in [0.29, 0.717) is 18.8 Å². The summed E-state index contributed by atoms with van der Waals surface area (Å²) in [4.78, 5) is 26.3. The molecule has 0 atom stereocenters. The van der Waals surface area contributed by atoms with E-state index in [2.05, 4.69) is 0 Å². The Bertz CT molecular complexity index is 451. The van der Waals surface area contributed by atoms with Crippen LogP contribution in [0.25, 0.3) is 0 Å². The first-order valence-electron chi connectivity index (χ1n) is 6.75. The lowest BCUT2D eigenvalue weighted by Gasteiger charge is -2.22. The van der Waals surface area contributed by atoms with Crippen LogP contribution in [-0.2, 0) is 15.3 Å². The van der Waals surface area contributed by atoms with Gasteiger partial charge in [0.25, 0.3) is 0 Å². The second-order valence-electron chi connectivity index (χ2n) is 4.99. The van der Waals surface area contributed by atoms with E-state index < -0.39 is 5.97 Å². The van der Waals surface area contributed by atoms with Crippen LogP contribution in [0, 0.1) is 0 Å². The highest BCUT2D eigenvalue weighted by Gasteiger charge is 2.16. The van der Waals surface area contributed by atoms with Crippen LogP contribution in [0.1, 0.15) is 5.56 Å². The molecular formula is C15H22N2O3S. The van der Waals surface area contributed by atoms with E-state index in [1.54, 1.807) is 0 Å². The number of rotatable bonds is 9. The van der Waals surface area contributed by atoms with Gasteiger partial charge in [0.2, 0.25) is 5.91 Å². The summed E-state index contributed by atoms with van der Waals surface area (Å²) in [5.41, 5.74) is 1.16. The normalized spacial score (nSPS) is 10.6. The number of aliphatic carboxylic acids is 1. The maximum atomic E-state index is 12.1. The molecule has 0 unspecified atom stereocenters. The Labute approximate surface area is 129 Å². The predicted molar refractivity (Wildman–Crippen MR) is 85.4 cm³/mol. The van der Waals surface area contributed by atoms with Crippen LogP contribution >= 0.6 is 11.8 Å². The Hall–Kier alpha value is -1.53. The summed E-state index contributed by atoms with van der Waals surface area (Å²) in [6.07, 6.45) is 0. The summed E-state index contributed by atoms with van der Waals surface area (Å²) < 4.78 is 0. The zero-order valence-electron chi connectivity index (χ0n) is 12.5. The molecule has 0 spiro atoms. The average molecular weight is 310 g/mol. The topological polar surface area (TPSA) is 60.9 Å². The van der Waals surface area contributed by atoms with E-state index >= 15 is 0 Å². The minimum Gasteiger partial charge on any atom is -0.480 e. The Morgan fingerprint density at radius 3 is 2.38 bits per heavy atom. The minimum atomic E-state index is -0.977. The largest absolute Gasteiger partial charge is 0.480 e. The molecule has 0 fully saturated rings. The Balaban J connectivity index is 2.42. The number of carboxylic acid groups (broad SMARTS) is 1. The summed E-state index contributed by atoms with van der Waals surface area (Å²) in [5.74, 6) is -0.0492. The summed E-state index contributed by atoms with van der Waals surface area (Å²) in [6.45, 7) is 0.852. The van der Waals surface area contributed by atoms with Crippen molar-refractivity contribution in [2.24, 2.45) is 0 Å². The number of carboxylic acids is 1. The molecule has 116 valence electrons. The second-order valence-corrected chi connectivity index (χ2v) is 5.98. The first-order valence-corrected chi connectivity index (χ1v) is 7.90. The molecule has 0 aromatic heterocycles. The molecule has 0 saturated carbocycles. The van der Waals surface area contributed by atoms with Gasteiger partial charge in [-0.05, 0) is 19.7 Å². The lowest BCUT2D eigenvalue weighted by atomic mass is 10.2. The third-order valence-electron chi connectivity index (χ3n) is 2.83. The van der Waals surface area contributed by atoms with Crippen LogP contribution in [0.2, 0.25) is 0 Å². The molecule has 0 saturated heterocycles. The highest BCUT2D eigenvalue weighted by Crippen LogP contribution is 2.12. The van der Waals surface area contributed by atoms with Gasteiger partial charge in [-0.1, -0.05) is 30.3 Å². The highest BCUT2D eigenvalue weighted by atomic mass is 32.2. The van der Waals surface area contributed by atoms with Gasteiger partial charge in [0.15, 0.2) is 0 Å². The zero-order valence-corrected chi connectivity index (χ0v) is 13.3. The van der Waals surface area contributed by atoms with Gasteiger partial charge in [-0.2, -0.15) is 0 Å². The van der Waals surface area contributed by atoms with Crippen molar-refractivity contribution in [3.05, 3.63) is 35.9 Å². The van der Waals surface area contributed by atoms with Crippen molar-refractivity contribution in [2.75, 3.05) is 39.5 Å². The third kappa shape index (κ3) is 7.72. The SMILES string of the molecule is CN(C)CCN(CC(=O)O)C(=O)CSCc1ccccc1. The Morgan fingerprint density at radius 2 is 1.81 bits per heavy atom. The third-order valence-corrected chi connectivity index (χ3v) is 3.82. The Kier molecular flexibility index (Phi) is 7.85. The van der Waals surface area contributed by atoms with Crippen molar-refractivity contribution < 1.29 is 14.7 Å². The molecule has 0 heterocycles. The molecule has 0 aliphatic rings. The van der Waals surface area contributed by atoms with Gasteiger partial charge in [0.05, 0.1) is 5.75 Å². The summed E-state index contributed by atoms with van der Waals surface area (Å²) in [6, 6.07) is 9.91. The molecule has 1 aromatic carbocycles. The monoisotopic (exact) mass is 310 g/mol. The van der Waals surface area contributed by atoms with Gasteiger partial charge in [-0.3, -0.25) is 9.59 Å². The van der Waals surface area contributed by atoms with E-state index in [1.165, 1.54) is 16.7 Å². The number of hydrogen-bond acceptors (Lipinski definition) is 4. The number of nitrogens with zero attached hydrogens (tertiary/aromatic N) is 2. The van der Waals surface area contributed by atoms with E-state index in [1.807, 2.05) is 49.3 Å². The molecule has 21 heavy (non-hydrogen) atoms. The molecule has 0 aliphatic heterocycles. The zero-order chi connectivity index (χ0) is 15.7. The van der Waals surface area contributed by atoms with Gasteiger partial charge < -0.3 is 14.9 Å². The van der Waals surface area contributed by atoms with Crippen molar-refractivity contribution in [3.63, 3.8) is 0 Å². The van der Waals surface area contributed by atoms with E-state index in [9.17, 15) is 9.59 Å². The fourth-order valence-corrected chi connectivity index (χ4v) is 2.59. The van der Waals surface area contributed by atoms with Crippen LogP contribution in [-0.4, -0.2) is 66.3 Å². The number of benzene rings is 1. The van der Waals surface area contributed by atoms with Gasteiger partial charge in [0.1, 0.15) is 6.54 Å². The van der Waals surface area contributed by atoms with E-state index in [-0.39, 0.29) is 12.5 Å². The lowest BCUT2D eigenvalue weighted by Crippen LogP contribution is -2.40. The molecule has 5 nitrogen and oxygen atoms in total. The molecule has 0 radical (unpaired) electrons. The van der Waals surface area contributed by atoms with E-state index in [0.717, 1.165) is 11.3 Å². The molecule has 1 N–H and O–H groups in total. The summed E-state index contributed by atoms with van der Waals surface area (Å²) in [7, 11) is 3.79. The number of likely N-dealkylation sites (N-methyl/N-ethyl adjacent to an activating group) is 1. The standard InChI is InChI=1S/C15H22N2O3S/c1-16(2)8-9-17(10-15(19)20)14(18)12-21-11-13-6-4-3-5-7-13/h3-7H,8-12H2,1-2H3,(H,19,20). The minimum absolute atomic E-state index is 0.125. The average Bonchev–Trinajstić information content (AvgIpc) is 2.44. The number of amides is 1. The number of thioether (sulfide) groups is 1. The number of carbonyl (C=O) groups is 2. The first kappa shape index (κ1) is 17.5. The van der Waals surface area contributed by atoms with Crippen LogP contribution in [0.4, 0.5) is 0 Å². The maximum Gasteiger partial charge on any atom is 0.323 e. The quantitative estimate of drug-likeness (QED) is 0.747. The second kappa shape index (κ2) is 9.41. The number of carbonyl (C=O) groups excluding carboxylic acids is 1. The summed E-state index contributed by atoms with van der Waals surface area (Å²) >= 11 is 1.51. The van der Waals surface area contributed by atoms with Gasteiger partial charge in [-0.15, -0.1) is 11.8 Å². The maximum absolute atomic E-state index is 12.1. The smallest absolute Gasteiger partial charge is 0.323 e. The fourth-order valence-electron chi connectivity index (χ4n) is 1.70.